The van der Waals surface area contributed by atoms with Gasteiger partial charge < -0.3 is 15.0 Å². The number of hydrogen-bond acceptors (Lipinski definition) is 6. The number of rotatable bonds is 9. The molecule has 2 atom stereocenters. The Morgan fingerprint density at radius 3 is 2.59 bits per heavy atom. The standard InChI is InChI=1S/C9H21N2O4PS/c1-4-14-9(12)8(3)11-16(13,15-5-2)17-7-6-10/h8H,4-7,10H2,1-3H3,(H,11,13)/t8-,16?/m0/s1. The third-order valence-electron chi connectivity index (χ3n) is 1.67. The van der Waals surface area contributed by atoms with Gasteiger partial charge in [-0.15, -0.1) is 0 Å². The molecule has 0 aromatic rings. The summed E-state index contributed by atoms with van der Waals surface area (Å²) in [6.07, 6.45) is 0. The number of nitrogens with one attached hydrogen (secondary N) is 1. The molecule has 0 heterocycles. The van der Waals surface area contributed by atoms with E-state index in [4.69, 9.17) is 15.0 Å². The first-order chi connectivity index (χ1) is 7.99. The Labute approximate surface area is 106 Å². The number of nitrogens with two attached hydrogens (primary N) is 1. The molecule has 0 aromatic carbocycles. The van der Waals surface area contributed by atoms with Crippen molar-refractivity contribution in [2.45, 2.75) is 26.8 Å². The van der Waals surface area contributed by atoms with Gasteiger partial charge in [-0.3, -0.25) is 9.36 Å². The van der Waals surface area contributed by atoms with Crippen LogP contribution in [0.3, 0.4) is 0 Å². The molecule has 0 saturated heterocycles. The van der Waals surface area contributed by atoms with Crippen molar-refractivity contribution in [2.24, 2.45) is 5.73 Å². The zero-order valence-corrected chi connectivity index (χ0v) is 12.2. The number of esters is 1. The maximum atomic E-state index is 12.3. The highest BCUT2D eigenvalue weighted by atomic mass is 32.7. The zero-order chi connectivity index (χ0) is 13.3. The minimum atomic E-state index is -3.08. The van der Waals surface area contributed by atoms with E-state index < -0.39 is 18.7 Å². The Hall–Kier alpha value is -0.0700. The molecule has 0 amide bonds. The summed E-state index contributed by atoms with van der Waals surface area (Å²) in [4.78, 5) is 11.4. The topological polar surface area (TPSA) is 90.6 Å². The maximum Gasteiger partial charge on any atom is 0.327 e. The van der Waals surface area contributed by atoms with Crippen LogP contribution in [0.4, 0.5) is 0 Å². The molecule has 0 aromatic heterocycles. The Balaban J connectivity index is 4.41. The largest absolute Gasteiger partial charge is 0.465 e. The Kier molecular flexibility index (Phi) is 8.90. The van der Waals surface area contributed by atoms with E-state index in [1.807, 2.05) is 0 Å². The average Bonchev–Trinajstić information content (AvgIpc) is 2.27. The van der Waals surface area contributed by atoms with E-state index >= 15 is 0 Å². The van der Waals surface area contributed by atoms with Crippen molar-refractivity contribution in [1.82, 2.24) is 5.09 Å². The normalized spacial score (nSPS) is 16.2. The minimum Gasteiger partial charge on any atom is -0.465 e. The fourth-order valence-corrected chi connectivity index (χ4v) is 4.78. The number of carbonyl (C=O) groups excluding carboxylic acids is 1. The molecule has 0 bridgehead atoms. The van der Waals surface area contributed by atoms with Gasteiger partial charge >= 0.3 is 12.7 Å². The van der Waals surface area contributed by atoms with Gasteiger partial charge in [-0.25, -0.2) is 5.09 Å². The van der Waals surface area contributed by atoms with Gasteiger partial charge in [-0.05, 0) is 20.8 Å². The van der Waals surface area contributed by atoms with Crippen LogP contribution < -0.4 is 10.8 Å². The molecule has 6 nitrogen and oxygen atoms in total. The highest BCUT2D eigenvalue weighted by Crippen LogP contribution is 2.55. The number of carbonyl (C=O) groups is 1. The molecule has 0 aliphatic heterocycles. The van der Waals surface area contributed by atoms with E-state index in [-0.39, 0.29) is 0 Å². The van der Waals surface area contributed by atoms with Crippen LogP contribution in [-0.4, -0.2) is 37.5 Å². The third-order valence-corrected chi connectivity index (χ3v) is 5.93. The molecule has 102 valence electrons. The van der Waals surface area contributed by atoms with Crippen molar-refractivity contribution in [2.75, 3.05) is 25.5 Å². The van der Waals surface area contributed by atoms with Crippen molar-refractivity contribution < 1.29 is 18.6 Å². The molecule has 3 N–H and O–H groups in total. The van der Waals surface area contributed by atoms with Crippen LogP contribution in [0.5, 0.6) is 0 Å². The molecule has 0 saturated carbocycles. The van der Waals surface area contributed by atoms with Crippen molar-refractivity contribution in [3.63, 3.8) is 0 Å². The highest BCUT2D eigenvalue weighted by Gasteiger charge is 2.28. The molecule has 0 fully saturated rings. The smallest absolute Gasteiger partial charge is 0.327 e. The lowest BCUT2D eigenvalue weighted by Gasteiger charge is -2.21. The lowest BCUT2D eigenvalue weighted by Crippen LogP contribution is -2.33. The fourth-order valence-electron chi connectivity index (χ4n) is 1.01. The van der Waals surface area contributed by atoms with E-state index in [9.17, 15) is 9.36 Å². The highest BCUT2D eigenvalue weighted by molar-refractivity contribution is 8.56. The predicted octanol–water partition coefficient (Wildman–Crippen LogP) is 1.36. The molecule has 1 unspecified atom stereocenters. The summed E-state index contributed by atoms with van der Waals surface area (Å²) in [7, 11) is 0. The van der Waals surface area contributed by atoms with Crippen LogP contribution in [0.1, 0.15) is 20.8 Å². The van der Waals surface area contributed by atoms with Gasteiger partial charge in [0, 0.05) is 12.3 Å². The average molecular weight is 284 g/mol. The first kappa shape index (κ1) is 16.9. The van der Waals surface area contributed by atoms with Gasteiger partial charge in [0.1, 0.15) is 6.04 Å². The Morgan fingerprint density at radius 1 is 1.47 bits per heavy atom. The van der Waals surface area contributed by atoms with Gasteiger partial charge in [-0.2, -0.15) is 0 Å². The van der Waals surface area contributed by atoms with E-state index in [2.05, 4.69) is 5.09 Å². The summed E-state index contributed by atoms with van der Waals surface area (Å²) in [6, 6.07) is -0.669. The summed E-state index contributed by atoms with van der Waals surface area (Å²) in [6.45, 7) is 2.96. The molecular weight excluding hydrogens is 263 g/mol. The molecule has 17 heavy (non-hydrogen) atoms. The molecular formula is C9H21N2O4PS. The maximum absolute atomic E-state index is 12.3. The van der Waals surface area contributed by atoms with Crippen LogP contribution in [-0.2, 0) is 18.6 Å². The van der Waals surface area contributed by atoms with Gasteiger partial charge in [0.05, 0.1) is 13.2 Å². The van der Waals surface area contributed by atoms with Crippen molar-refractivity contribution in [1.29, 1.82) is 0 Å². The van der Waals surface area contributed by atoms with Crippen molar-refractivity contribution >= 4 is 24.1 Å². The van der Waals surface area contributed by atoms with Crippen LogP contribution >= 0.6 is 18.1 Å². The SMILES string of the molecule is CCOC(=O)[C@H](C)NP(=O)(OCC)SCCN. The summed E-state index contributed by atoms with van der Waals surface area (Å²) >= 11 is 1.10. The minimum absolute atomic E-state index is 0.291. The summed E-state index contributed by atoms with van der Waals surface area (Å²) in [5.74, 6) is 0.0561. The fraction of sp³-hybridized carbons (Fsp3) is 0.889. The molecule has 0 aliphatic carbocycles. The monoisotopic (exact) mass is 284 g/mol. The molecule has 8 heteroatoms. The van der Waals surface area contributed by atoms with Crippen LogP contribution in [0.2, 0.25) is 0 Å². The van der Waals surface area contributed by atoms with Crippen molar-refractivity contribution in [3.05, 3.63) is 0 Å². The lowest BCUT2D eigenvalue weighted by molar-refractivity contribution is -0.144. The summed E-state index contributed by atoms with van der Waals surface area (Å²) < 4.78 is 22.3. The van der Waals surface area contributed by atoms with Gasteiger partial charge in [0.25, 0.3) is 0 Å². The first-order valence-electron chi connectivity index (χ1n) is 5.52. The van der Waals surface area contributed by atoms with Crippen LogP contribution in [0.15, 0.2) is 0 Å². The molecule has 0 spiro atoms. The Morgan fingerprint density at radius 2 is 2.12 bits per heavy atom. The van der Waals surface area contributed by atoms with E-state index in [0.29, 0.717) is 25.5 Å². The molecule has 0 aliphatic rings. The van der Waals surface area contributed by atoms with Crippen LogP contribution in [0, 0.1) is 0 Å². The number of ether oxygens (including phenoxy) is 1. The predicted molar refractivity (Wildman–Crippen MR) is 70.0 cm³/mol. The van der Waals surface area contributed by atoms with Gasteiger partial charge in [-0.1, -0.05) is 11.4 Å². The second-order valence-electron chi connectivity index (χ2n) is 3.14. The second-order valence-corrected chi connectivity index (χ2v) is 7.53. The quantitative estimate of drug-likeness (QED) is 0.488. The first-order valence-corrected chi connectivity index (χ1v) is 8.74. The third kappa shape index (κ3) is 7.06. The molecule has 0 rings (SSSR count). The summed E-state index contributed by atoms with van der Waals surface area (Å²) in [5.41, 5.74) is 5.35. The lowest BCUT2D eigenvalue weighted by atomic mass is 10.4. The summed E-state index contributed by atoms with van der Waals surface area (Å²) in [5, 5.41) is 2.68. The van der Waals surface area contributed by atoms with E-state index in [1.54, 1.807) is 20.8 Å². The zero-order valence-electron chi connectivity index (χ0n) is 10.5. The van der Waals surface area contributed by atoms with Gasteiger partial charge in [0.15, 0.2) is 0 Å². The van der Waals surface area contributed by atoms with E-state index in [0.717, 1.165) is 11.4 Å². The van der Waals surface area contributed by atoms with E-state index in [1.165, 1.54) is 0 Å². The Bertz CT molecular complexity index is 278. The molecule has 0 radical (unpaired) electrons. The van der Waals surface area contributed by atoms with Gasteiger partial charge in [0.2, 0.25) is 0 Å². The number of hydrogen-bond donors (Lipinski definition) is 2. The second kappa shape index (κ2) is 8.94. The van der Waals surface area contributed by atoms with Crippen LogP contribution in [0.25, 0.3) is 0 Å². The van der Waals surface area contributed by atoms with Crippen molar-refractivity contribution in [3.8, 4) is 0 Å².